The number of aromatic nitrogens is 2. The van der Waals surface area contributed by atoms with E-state index in [1.807, 2.05) is 19.1 Å². The van der Waals surface area contributed by atoms with Gasteiger partial charge in [0.25, 0.3) is 0 Å². The Bertz CT molecular complexity index is 439. The summed E-state index contributed by atoms with van der Waals surface area (Å²) >= 11 is 5.81. The molecule has 2 aromatic heterocycles. The van der Waals surface area contributed by atoms with Crippen molar-refractivity contribution in [2.45, 2.75) is 25.3 Å². The molecule has 0 aliphatic carbocycles. The summed E-state index contributed by atoms with van der Waals surface area (Å²) in [7, 11) is 0. The molecular formula is C10H12ClN3O2. The summed E-state index contributed by atoms with van der Waals surface area (Å²) in [4.78, 5) is 0. The van der Waals surface area contributed by atoms with Gasteiger partial charge in [0.15, 0.2) is 0 Å². The van der Waals surface area contributed by atoms with Crippen LogP contribution in [0.25, 0.3) is 0 Å². The van der Waals surface area contributed by atoms with Crippen LogP contribution in [-0.2, 0) is 0 Å². The van der Waals surface area contributed by atoms with Crippen LogP contribution in [0.4, 0.5) is 6.01 Å². The van der Waals surface area contributed by atoms with Gasteiger partial charge in [-0.25, -0.2) is 0 Å². The van der Waals surface area contributed by atoms with E-state index in [1.54, 1.807) is 13.2 Å². The molecule has 0 aromatic carbocycles. The molecule has 2 aromatic rings. The predicted molar refractivity (Wildman–Crippen MR) is 59.3 cm³/mol. The van der Waals surface area contributed by atoms with E-state index < -0.39 is 0 Å². The molecule has 6 heteroatoms. The van der Waals surface area contributed by atoms with Gasteiger partial charge < -0.3 is 14.2 Å². The predicted octanol–water partition coefficient (Wildman–Crippen LogP) is 3.14. The van der Waals surface area contributed by atoms with Gasteiger partial charge >= 0.3 is 6.01 Å². The molecule has 16 heavy (non-hydrogen) atoms. The van der Waals surface area contributed by atoms with Crippen molar-refractivity contribution in [3.8, 4) is 0 Å². The number of nitrogens with zero attached hydrogens (tertiary/aromatic N) is 2. The number of rotatable bonds is 4. The lowest BCUT2D eigenvalue weighted by Gasteiger charge is -2.07. The normalized spacial score (nSPS) is 14.7. The van der Waals surface area contributed by atoms with Crippen molar-refractivity contribution in [2.24, 2.45) is 0 Å². The van der Waals surface area contributed by atoms with Crippen molar-refractivity contribution >= 4 is 17.6 Å². The Labute approximate surface area is 97.8 Å². The molecule has 0 aliphatic heterocycles. The van der Waals surface area contributed by atoms with Crippen molar-refractivity contribution < 1.29 is 8.83 Å². The Morgan fingerprint density at radius 3 is 2.75 bits per heavy atom. The zero-order valence-electron chi connectivity index (χ0n) is 8.98. The number of hydrogen-bond acceptors (Lipinski definition) is 5. The van der Waals surface area contributed by atoms with Gasteiger partial charge in [0.1, 0.15) is 11.1 Å². The summed E-state index contributed by atoms with van der Waals surface area (Å²) in [6, 6.07) is 4.01. The third kappa shape index (κ3) is 2.36. The van der Waals surface area contributed by atoms with Gasteiger partial charge in [-0.1, -0.05) is 5.10 Å². The molecule has 1 N–H and O–H groups in total. The fourth-order valence-corrected chi connectivity index (χ4v) is 1.34. The molecule has 0 saturated heterocycles. The average Bonchev–Trinajstić information content (AvgIpc) is 2.87. The largest absolute Gasteiger partial charge is 0.467 e. The van der Waals surface area contributed by atoms with Gasteiger partial charge in [0, 0.05) is 0 Å². The van der Waals surface area contributed by atoms with Gasteiger partial charge in [-0.05, 0) is 26.0 Å². The maximum atomic E-state index is 5.81. The van der Waals surface area contributed by atoms with Crippen LogP contribution >= 0.6 is 11.6 Å². The molecule has 5 nitrogen and oxygen atoms in total. The lowest BCUT2D eigenvalue weighted by Crippen LogP contribution is -2.05. The SMILES string of the molecule is CC(Cl)c1nnc(NC(C)c2ccco2)o1. The lowest BCUT2D eigenvalue weighted by atomic mass is 10.3. The highest BCUT2D eigenvalue weighted by atomic mass is 35.5. The second-order valence-corrected chi connectivity index (χ2v) is 4.10. The van der Waals surface area contributed by atoms with E-state index in [-0.39, 0.29) is 11.4 Å². The summed E-state index contributed by atoms with van der Waals surface area (Å²) in [5.74, 6) is 1.20. The minimum atomic E-state index is -0.290. The van der Waals surface area contributed by atoms with E-state index in [0.717, 1.165) is 5.76 Å². The van der Waals surface area contributed by atoms with Crippen LogP contribution in [0.5, 0.6) is 0 Å². The van der Waals surface area contributed by atoms with Crippen LogP contribution in [0.15, 0.2) is 27.2 Å². The Hall–Kier alpha value is -1.49. The summed E-state index contributed by atoms with van der Waals surface area (Å²) in [6.45, 7) is 3.71. The first kappa shape index (κ1) is 11.0. The quantitative estimate of drug-likeness (QED) is 0.833. The molecule has 0 amide bonds. The first-order chi connectivity index (χ1) is 7.66. The van der Waals surface area contributed by atoms with Crippen LogP contribution in [0.2, 0.25) is 0 Å². The molecule has 2 heterocycles. The topological polar surface area (TPSA) is 64.1 Å². The van der Waals surface area contributed by atoms with Crippen molar-refractivity contribution in [1.82, 2.24) is 10.2 Å². The molecule has 0 fully saturated rings. The van der Waals surface area contributed by atoms with E-state index in [0.29, 0.717) is 11.9 Å². The molecule has 2 unspecified atom stereocenters. The van der Waals surface area contributed by atoms with Crippen molar-refractivity contribution in [1.29, 1.82) is 0 Å². The van der Waals surface area contributed by atoms with Gasteiger partial charge in [-0.2, -0.15) is 0 Å². The molecule has 86 valence electrons. The highest BCUT2D eigenvalue weighted by Gasteiger charge is 2.14. The lowest BCUT2D eigenvalue weighted by molar-refractivity contribution is 0.470. The number of hydrogen-bond donors (Lipinski definition) is 1. The monoisotopic (exact) mass is 241 g/mol. The van der Waals surface area contributed by atoms with Crippen molar-refractivity contribution in [3.05, 3.63) is 30.0 Å². The molecule has 0 bridgehead atoms. The second kappa shape index (κ2) is 4.57. The zero-order valence-corrected chi connectivity index (χ0v) is 9.73. The third-order valence-electron chi connectivity index (χ3n) is 2.09. The van der Waals surface area contributed by atoms with Crippen LogP contribution in [0, 0.1) is 0 Å². The molecular weight excluding hydrogens is 230 g/mol. The number of furan rings is 1. The van der Waals surface area contributed by atoms with Gasteiger partial charge in [-0.3, -0.25) is 0 Å². The van der Waals surface area contributed by atoms with Crippen molar-refractivity contribution in [3.63, 3.8) is 0 Å². The Morgan fingerprint density at radius 2 is 2.19 bits per heavy atom. The Morgan fingerprint density at radius 1 is 1.38 bits per heavy atom. The fourth-order valence-electron chi connectivity index (χ4n) is 1.25. The first-order valence-electron chi connectivity index (χ1n) is 4.94. The highest BCUT2D eigenvalue weighted by molar-refractivity contribution is 6.20. The molecule has 2 rings (SSSR count). The van der Waals surface area contributed by atoms with Crippen LogP contribution in [0.1, 0.15) is 36.9 Å². The van der Waals surface area contributed by atoms with Gasteiger partial charge in [0.05, 0.1) is 12.3 Å². The maximum absolute atomic E-state index is 5.81. The van der Waals surface area contributed by atoms with E-state index in [2.05, 4.69) is 15.5 Å². The summed E-state index contributed by atoms with van der Waals surface area (Å²) in [6.07, 6.45) is 1.62. The average molecular weight is 242 g/mol. The first-order valence-corrected chi connectivity index (χ1v) is 5.38. The smallest absolute Gasteiger partial charge is 0.316 e. The summed E-state index contributed by atoms with van der Waals surface area (Å²) in [5.41, 5.74) is 0. The number of halogens is 1. The van der Waals surface area contributed by atoms with Gasteiger partial charge in [-0.15, -0.1) is 16.7 Å². The second-order valence-electron chi connectivity index (χ2n) is 3.44. The highest BCUT2D eigenvalue weighted by Crippen LogP contribution is 2.22. The Balaban J connectivity index is 2.03. The minimum absolute atomic E-state index is 0.0334. The minimum Gasteiger partial charge on any atom is -0.467 e. The number of nitrogens with one attached hydrogen (secondary N) is 1. The number of alkyl halides is 1. The zero-order chi connectivity index (χ0) is 11.5. The molecule has 0 spiro atoms. The third-order valence-corrected chi connectivity index (χ3v) is 2.28. The summed E-state index contributed by atoms with van der Waals surface area (Å²) in [5, 5.41) is 10.4. The fraction of sp³-hybridized carbons (Fsp3) is 0.400. The summed E-state index contributed by atoms with van der Waals surface area (Å²) < 4.78 is 10.6. The molecule has 2 atom stereocenters. The van der Waals surface area contributed by atoms with E-state index in [1.165, 1.54) is 0 Å². The van der Waals surface area contributed by atoms with Crippen molar-refractivity contribution in [2.75, 3.05) is 5.32 Å². The van der Waals surface area contributed by atoms with Crippen LogP contribution in [-0.4, -0.2) is 10.2 Å². The van der Waals surface area contributed by atoms with E-state index in [9.17, 15) is 0 Å². The Kier molecular flexibility index (Phi) is 3.14. The molecule has 0 radical (unpaired) electrons. The maximum Gasteiger partial charge on any atom is 0.316 e. The number of anilines is 1. The van der Waals surface area contributed by atoms with Gasteiger partial charge in [0.2, 0.25) is 5.89 Å². The standard InChI is InChI=1S/C10H12ClN3O2/c1-6(11)9-13-14-10(16-9)12-7(2)8-4-3-5-15-8/h3-7H,1-2H3,(H,12,14). The van der Waals surface area contributed by atoms with E-state index in [4.69, 9.17) is 20.4 Å². The van der Waals surface area contributed by atoms with E-state index >= 15 is 0 Å². The molecule has 0 aliphatic rings. The molecule has 0 saturated carbocycles. The van der Waals surface area contributed by atoms with Crippen LogP contribution < -0.4 is 5.32 Å². The van der Waals surface area contributed by atoms with Crippen LogP contribution in [0.3, 0.4) is 0 Å².